The van der Waals surface area contributed by atoms with E-state index >= 15 is 0 Å². The Morgan fingerprint density at radius 2 is 2.33 bits per heavy atom. The maximum atomic E-state index is 12.1. The lowest BCUT2D eigenvalue weighted by molar-refractivity contribution is -0.119. The first-order chi connectivity index (χ1) is 8.74. The number of para-hydroxylation sites is 1. The lowest BCUT2D eigenvalue weighted by atomic mass is 10.1. The van der Waals surface area contributed by atoms with E-state index < -0.39 is 0 Å². The molecule has 0 bridgehead atoms. The van der Waals surface area contributed by atoms with Crippen LogP contribution in [0, 0.1) is 5.92 Å². The molecule has 3 rings (SSSR count). The zero-order valence-corrected chi connectivity index (χ0v) is 10.1. The third-order valence-electron chi connectivity index (χ3n) is 3.28. The lowest BCUT2D eigenvalue weighted by Gasteiger charge is -2.07. The number of benzene rings is 1. The number of anilines is 1. The molecule has 0 spiro atoms. The van der Waals surface area contributed by atoms with Crippen LogP contribution < -0.4 is 5.32 Å². The van der Waals surface area contributed by atoms with E-state index in [1.165, 1.54) is 0 Å². The van der Waals surface area contributed by atoms with E-state index in [4.69, 9.17) is 4.74 Å². The van der Waals surface area contributed by atoms with Crippen LogP contribution >= 0.6 is 0 Å². The van der Waals surface area contributed by atoms with Gasteiger partial charge >= 0.3 is 0 Å². The van der Waals surface area contributed by atoms with Crippen LogP contribution in [-0.4, -0.2) is 28.8 Å². The van der Waals surface area contributed by atoms with E-state index in [0.717, 1.165) is 17.3 Å². The molecule has 1 aromatic heterocycles. The molecule has 0 aliphatic carbocycles. The van der Waals surface area contributed by atoms with Gasteiger partial charge in [-0.15, -0.1) is 0 Å². The number of carbonyl (C=O) groups excluding carboxylic acids is 1. The van der Waals surface area contributed by atoms with Crippen molar-refractivity contribution >= 4 is 22.6 Å². The number of aromatic amines is 1. The van der Waals surface area contributed by atoms with Crippen molar-refractivity contribution in [2.75, 3.05) is 11.9 Å². The monoisotopic (exact) mass is 245 g/mol. The van der Waals surface area contributed by atoms with E-state index in [0.29, 0.717) is 12.4 Å². The topological polar surface area (TPSA) is 67.0 Å². The number of nitrogens with one attached hydrogen (secondary N) is 2. The molecule has 2 atom stereocenters. The predicted octanol–water partition coefficient (Wildman–Crippen LogP) is 1.93. The van der Waals surface area contributed by atoms with Gasteiger partial charge in [0.05, 0.1) is 24.1 Å². The Labute approximate surface area is 105 Å². The Balaban J connectivity index is 1.78. The number of fused-ring (bicyclic) bond motifs is 1. The van der Waals surface area contributed by atoms with Gasteiger partial charge in [-0.05, 0) is 25.5 Å². The summed E-state index contributed by atoms with van der Waals surface area (Å²) in [7, 11) is 0. The second-order valence-corrected chi connectivity index (χ2v) is 4.68. The Hall–Kier alpha value is -1.88. The maximum Gasteiger partial charge on any atom is 0.231 e. The molecule has 1 aromatic carbocycles. The summed E-state index contributed by atoms with van der Waals surface area (Å²) >= 11 is 0. The van der Waals surface area contributed by atoms with Gasteiger partial charge in [0, 0.05) is 5.39 Å². The van der Waals surface area contributed by atoms with Gasteiger partial charge in [-0.25, -0.2) is 0 Å². The first-order valence-electron chi connectivity index (χ1n) is 6.09. The summed E-state index contributed by atoms with van der Waals surface area (Å²) in [5, 5.41) is 10.8. The molecule has 2 unspecified atom stereocenters. The van der Waals surface area contributed by atoms with Crippen molar-refractivity contribution in [1.82, 2.24) is 10.2 Å². The van der Waals surface area contributed by atoms with Crippen molar-refractivity contribution in [1.29, 1.82) is 0 Å². The standard InChI is InChI=1S/C13H15N3O2/c1-8-6-9(7-18-8)13(17)14-12-10-4-2-3-5-11(10)15-16-12/h2-5,8-9H,6-7H2,1H3,(H2,14,15,16,17). The molecule has 1 amide bonds. The van der Waals surface area contributed by atoms with Crippen molar-refractivity contribution in [2.24, 2.45) is 5.92 Å². The molecule has 1 fully saturated rings. The second kappa shape index (κ2) is 4.42. The second-order valence-electron chi connectivity index (χ2n) is 4.68. The average Bonchev–Trinajstić information content (AvgIpc) is 2.97. The third kappa shape index (κ3) is 1.97. The van der Waals surface area contributed by atoms with Crippen LogP contribution in [0.2, 0.25) is 0 Å². The first-order valence-corrected chi connectivity index (χ1v) is 6.09. The van der Waals surface area contributed by atoms with Crippen LogP contribution in [0.1, 0.15) is 13.3 Å². The summed E-state index contributed by atoms with van der Waals surface area (Å²) in [6.45, 7) is 2.48. The highest BCUT2D eigenvalue weighted by Crippen LogP contribution is 2.23. The number of aromatic nitrogens is 2. The number of nitrogens with zero attached hydrogens (tertiary/aromatic N) is 1. The quantitative estimate of drug-likeness (QED) is 0.849. The summed E-state index contributed by atoms with van der Waals surface area (Å²) in [6, 6.07) is 7.72. The highest BCUT2D eigenvalue weighted by atomic mass is 16.5. The minimum Gasteiger partial charge on any atom is -0.378 e. The predicted molar refractivity (Wildman–Crippen MR) is 68.2 cm³/mol. The Morgan fingerprint density at radius 1 is 1.50 bits per heavy atom. The molecular weight excluding hydrogens is 230 g/mol. The fourth-order valence-corrected chi connectivity index (χ4v) is 2.28. The Bertz CT molecular complexity index is 578. The summed E-state index contributed by atoms with van der Waals surface area (Å²) in [4.78, 5) is 12.1. The number of ether oxygens (including phenoxy) is 1. The van der Waals surface area contributed by atoms with Gasteiger partial charge in [-0.1, -0.05) is 12.1 Å². The summed E-state index contributed by atoms with van der Waals surface area (Å²) in [5.74, 6) is 0.502. The molecule has 1 saturated heterocycles. The number of hydrogen-bond acceptors (Lipinski definition) is 3. The number of H-pyrrole nitrogens is 1. The van der Waals surface area contributed by atoms with Crippen LogP contribution in [0.3, 0.4) is 0 Å². The smallest absolute Gasteiger partial charge is 0.231 e. The van der Waals surface area contributed by atoms with E-state index in [1.807, 2.05) is 31.2 Å². The minimum atomic E-state index is -0.0736. The zero-order chi connectivity index (χ0) is 12.5. The molecule has 1 aliphatic rings. The van der Waals surface area contributed by atoms with Crippen LogP contribution in [0.5, 0.6) is 0 Å². The van der Waals surface area contributed by atoms with Crippen LogP contribution in [-0.2, 0) is 9.53 Å². The molecule has 0 saturated carbocycles. The van der Waals surface area contributed by atoms with Crippen LogP contribution in [0.15, 0.2) is 24.3 Å². The normalized spacial score (nSPS) is 23.4. The highest BCUT2D eigenvalue weighted by Gasteiger charge is 2.28. The van der Waals surface area contributed by atoms with E-state index in [2.05, 4.69) is 15.5 Å². The molecule has 5 nitrogen and oxygen atoms in total. The summed E-state index contributed by atoms with van der Waals surface area (Å²) in [5.41, 5.74) is 0.920. The molecular formula is C13H15N3O2. The number of amides is 1. The van der Waals surface area contributed by atoms with Crippen molar-refractivity contribution in [3.8, 4) is 0 Å². The molecule has 0 radical (unpaired) electrons. The van der Waals surface area contributed by atoms with Gasteiger partial charge < -0.3 is 10.1 Å². The molecule has 18 heavy (non-hydrogen) atoms. The van der Waals surface area contributed by atoms with E-state index in [1.54, 1.807) is 0 Å². The van der Waals surface area contributed by atoms with Crippen LogP contribution in [0.4, 0.5) is 5.82 Å². The number of rotatable bonds is 2. The van der Waals surface area contributed by atoms with Gasteiger partial charge in [0.15, 0.2) is 5.82 Å². The fraction of sp³-hybridized carbons (Fsp3) is 0.385. The molecule has 94 valence electrons. The highest BCUT2D eigenvalue weighted by molar-refractivity contribution is 6.00. The van der Waals surface area contributed by atoms with Gasteiger partial charge in [0.2, 0.25) is 5.91 Å². The Morgan fingerprint density at radius 3 is 3.11 bits per heavy atom. The molecule has 2 heterocycles. The first kappa shape index (κ1) is 11.2. The molecule has 2 aromatic rings. The van der Waals surface area contributed by atoms with Crippen molar-refractivity contribution < 1.29 is 9.53 Å². The lowest BCUT2D eigenvalue weighted by Crippen LogP contribution is -2.23. The van der Waals surface area contributed by atoms with Gasteiger partial charge in [-0.2, -0.15) is 5.10 Å². The number of carbonyl (C=O) groups is 1. The van der Waals surface area contributed by atoms with Crippen molar-refractivity contribution in [3.63, 3.8) is 0 Å². The summed E-state index contributed by atoms with van der Waals surface area (Å²) < 4.78 is 5.40. The fourth-order valence-electron chi connectivity index (χ4n) is 2.28. The largest absolute Gasteiger partial charge is 0.378 e. The molecule has 1 aliphatic heterocycles. The zero-order valence-electron chi connectivity index (χ0n) is 10.1. The molecule has 2 N–H and O–H groups in total. The van der Waals surface area contributed by atoms with Gasteiger partial charge in [0.1, 0.15) is 0 Å². The SMILES string of the molecule is CC1CC(C(=O)Nc2n[nH]c3ccccc23)CO1. The third-order valence-corrected chi connectivity index (χ3v) is 3.28. The maximum absolute atomic E-state index is 12.1. The van der Waals surface area contributed by atoms with Gasteiger partial charge in [-0.3, -0.25) is 9.89 Å². The van der Waals surface area contributed by atoms with E-state index in [9.17, 15) is 4.79 Å². The summed E-state index contributed by atoms with van der Waals surface area (Å²) in [6.07, 6.45) is 0.936. The molecule has 5 heteroatoms. The van der Waals surface area contributed by atoms with Crippen molar-refractivity contribution in [3.05, 3.63) is 24.3 Å². The van der Waals surface area contributed by atoms with Gasteiger partial charge in [0.25, 0.3) is 0 Å². The van der Waals surface area contributed by atoms with Crippen LogP contribution in [0.25, 0.3) is 10.9 Å². The number of hydrogen-bond donors (Lipinski definition) is 2. The minimum absolute atomic E-state index is 0.0170. The average molecular weight is 245 g/mol. The van der Waals surface area contributed by atoms with E-state index in [-0.39, 0.29) is 17.9 Å². The Kier molecular flexibility index (Phi) is 2.76. The van der Waals surface area contributed by atoms with Crippen molar-refractivity contribution in [2.45, 2.75) is 19.4 Å².